The van der Waals surface area contributed by atoms with Crippen LogP contribution in [0.3, 0.4) is 0 Å². The molecule has 1 radical (unpaired) electrons. The molecule has 2 saturated heterocycles. The van der Waals surface area contributed by atoms with Gasteiger partial charge in [-0.1, -0.05) is 24.3 Å². The third kappa shape index (κ3) is 1.87. The molecule has 1 aromatic carbocycles. The highest BCUT2D eigenvalue weighted by Gasteiger charge is 2.25. The highest BCUT2D eigenvalue weighted by Crippen LogP contribution is 2.34. The summed E-state index contributed by atoms with van der Waals surface area (Å²) in [6.07, 6.45) is 3.65. The van der Waals surface area contributed by atoms with E-state index in [9.17, 15) is 0 Å². The molecule has 2 aliphatic rings. The zero-order valence-electron chi connectivity index (χ0n) is 9.56. The highest BCUT2D eigenvalue weighted by molar-refractivity contribution is 5.34. The van der Waals surface area contributed by atoms with Crippen molar-refractivity contribution in [2.75, 3.05) is 19.8 Å². The lowest BCUT2D eigenvalue weighted by Gasteiger charge is -2.18. The van der Waals surface area contributed by atoms with E-state index in [2.05, 4.69) is 24.3 Å². The maximum Gasteiger partial charge on any atom is 0.0535 e. The van der Waals surface area contributed by atoms with Crippen LogP contribution < -0.4 is 5.32 Å². The Morgan fingerprint density at radius 3 is 2.69 bits per heavy atom. The Hall–Kier alpha value is -0.860. The molecular formula is C14H18NO. The van der Waals surface area contributed by atoms with Gasteiger partial charge in [-0.05, 0) is 30.4 Å². The summed E-state index contributed by atoms with van der Waals surface area (Å²) in [6.45, 7) is 2.85. The summed E-state index contributed by atoms with van der Waals surface area (Å²) in [5.41, 5.74) is 2.94. The van der Waals surface area contributed by atoms with E-state index < -0.39 is 0 Å². The van der Waals surface area contributed by atoms with Gasteiger partial charge in [0.15, 0.2) is 0 Å². The third-order valence-corrected chi connectivity index (χ3v) is 3.71. The molecule has 2 heteroatoms. The summed E-state index contributed by atoms with van der Waals surface area (Å²) in [6, 6.07) is 9.27. The second kappa shape index (κ2) is 4.56. The molecule has 0 saturated carbocycles. The van der Waals surface area contributed by atoms with Gasteiger partial charge in [0.05, 0.1) is 6.61 Å². The van der Waals surface area contributed by atoms with E-state index in [1.165, 1.54) is 30.4 Å². The van der Waals surface area contributed by atoms with Gasteiger partial charge in [-0.2, -0.15) is 0 Å². The van der Waals surface area contributed by atoms with Crippen LogP contribution in [0.4, 0.5) is 0 Å². The number of ether oxygens (including phenoxy) is 1. The molecule has 0 bridgehead atoms. The Bertz CT molecular complexity index is 317. The molecule has 2 heterocycles. The van der Waals surface area contributed by atoms with Crippen molar-refractivity contribution in [2.24, 2.45) is 0 Å². The fraction of sp³-hybridized carbons (Fsp3) is 0.571. The Balaban J connectivity index is 1.90. The van der Waals surface area contributed by atoms with Crippen LogP contribution in [0.5, 0.6) is 0 Å². The molecule has 1 aromatic rings. The third-order valence-electron chi connectivity index (χ3n) is 3.71. The van der Waals surface area contributed by atoms with E-state index >= 15 is 0 Å². The SMILES string of the molecule is c1ccc([C@H]2CCOC2)c(C2CCC[N]2)c1. The summed E-state index contributed by atoms with van der Waals surface area (Å²) >= 11 is 0. The van der Waals surface area contributed by atoms with Gasteiger partial charge >= 0.3 is 0 Å². The standard InChI is InChI=1S/C14H18NO/c1-2-5-13(14-6-3-8-15-14)12(4-1)11-7-9-16-10-11/h1-2,4-5,11,14H,3,6-10H2/t11-,14?/m0/s1. The van der Waals surface area contributed by atoms with Gasteiger partial charge in [-0.25, -0.2) is 5.32 Å². The van der Waals surface area contributed by atoms with E-state index in [1.807, 2.05) is 0 Å². The first-order valence-corrected chi connectivity index (χ1v) is 6.28. The van der Waals surface area contributed by atoms with Gasteiger partial charge in [0.1, 0.15) is 0 Å². The van der Waals surface area contributed by atoms with Crippen molar-refractivity contribution in [1.29, 1.82) is 0 Å². The Morgan fingerprint density at radius 1 is 1.12 bits per heavy atom. The van der Waals surface area contributed by atoms with Crippen LogP contribution >= 0.6 is 0 Å². The van der Waals surface area contributed by atoms with Crippen molar-refractivity contribution in [3.8, 4) is 0 Å². The second-order valence-electron chi connectivity index (χ2n) is 4.75. The molecule has 2 fully saturated rings. The predicted molar refractivity (Wildman–Crippen MR) is 63.6 cm³/mol. The number of benzene rings is 1. The average Bonchev–Trinajstić information content (AvgIpc) is 3.03. The highest BCUT2D eigenvalue weighted by atomic mass is 16.5. The molecule has 0 aromatic heterocycles. The largest absolute Gasteiger partial charge is 0.381 e. The van der Waals surface area contributed by atoms with E-state index in [-0.39, 0.29) is 0 Å². The van der Waals surface area contributed by atoms with Gasteiger partial charge in [0, 0.05) is 25.1 Å². The molecule has 0 amide bonds. The predicted octanol–water partition coefficient (Wildman–Crippen LogP) is 2.63. The van der Waals surface area contributed by atoms with Crippen LogP contribution in [-0.2, 0) is 4.74 Å². The molecule has 2 aliphatic heterocycles. The van der Waals surface area contributed by atoms with Crippen LogP contribution in [0.15, 0.2) is 24.3 Å². The van der Waals surface area contributed by atoms with Crippen LogP contribution in [0.25, 0.3) is 0 Å². The van der Waals surface area contributed by atoms with Gasteiger partial charge in [-0.3, -0.25) is 0 Å². The fourth-order valence-electron chi connectivity index (χ4n) is 2.84. The molecule has 0 spiro atoms. The molecule has 0 N–H and O–H groups in total. The van der Waals surface area contributed by atoms with Crippen molar-refractivity contribution in [1.82, 2.24) is 5.32 Å². The zero-order chi connectivity index (χ0) is 10.8. The average molecular weight is 216 g/mol. The van der Waals surface area contributed by atoms with E-state index in [0.717, 1.165) is 19.8 Å². The smallest absolute Gasteiger partial charge is 0.0535 e. The van der Waals surface area contributed by atoms with Crippen molar-refractivity contribution in [3.05, 3.63) is 35.4 Å². The molecule has 1 unspecified atom stereocenters. The minimum Gasteiger partial charge on any atom is -0.381 e. The summed E-state index contributed by atoms with van der Waals surface area (Å²) < 4.78 is 5.50. The monoisotopic (exact) mass is 216 g/mol. The van der Waals surface area contributed by atoms with Crippen molar-refractivity contribution in [2.45, 2.75) is 31.2 Å². The lowest BCUT2D eigenvalue weighted by atomic mass is 9.89. The molecule has 3 rings (SSSR count). The number of hydrogen-bond donors (Lipinski definition) is 0. The lowest BCUT2D eigenvalue weighted by Crippen LogP contribution is -2.10. The Morgan fingerprint density at radius 2 is 2.00 bits per heavy atom. The quantitative estimate of drug-likeness (QED) is 0.745. The Labute approximate surface area is 97.0 Å². The Kier molecular flexibility index (Phi) is 2.94. The number of hydrogen-bond acceptors (Lipinski definition) is 1. The molecular weight excluding hydrogens is 198 g/mol. The van der Waals surface area contributed by atoms with Crippen molar-refractivity contribution in [3.63, 3.8) is 0 Å². The first kappa shape index (κ1) is 10.3. The summed E-state index contributed by atoms with van der Waals surface area (Å²) in [5.74, 6) is 0.604. The minimum atomic E-state index is 0.455. The van der Waals surface area contributed by atoms with Crippen LogP contribution in [-0.4, -0.2) is 19.8 Å². The van der Waals surface area contributed by atoms with E-state index in [0.29, 0.717) is 12.0 Å². The van der Waals surface area contributed by atoms with Gasteiger partial charge in [-0.15, -0.1) is 0 Å². The van der Waals surface area contributed by atoms with Crippen LogP contribution in [0.1, 0.15) is 42.3 Å². The van der Waals surface area contributed by atoms with Crippen LogP contribution in [0.2, 0.25) is 0 Å². The summed E-state index contributed by atoms with van der Waals surface area (Å²) in [5, 5.41) is 4.70. The number of rotatable bonds is 2. The van der Waals surface area contributed by atoms with Gasteiger partial charge < -0.3 is 4.74 Å². The first-order valence-electron chi connectivity index (χ1n) is 6.28. The minimum absolute atomic E-state index is 0.455. The van der Waals surface area contributed by atoms with E-state index in [4.69, 9.17) is 10.1 Å². The first-order chi connectivity index (χ1) is 7.95. The normalized spacial score (nSPS) is 29.8. The summed E-state index contributed by atoms with van der Waals surface area (Å²) in [7, 11) is 0. The van der Waals surface area contributed by atoms with Crippen molar-refractivity contribution >= 4 is 0 Å². The summed E-state index contributed by atoms with van der Waals surface area (Å²) in [4.78, 5) is 0. The maximum atomic E-state index is 5.50. The maximum absolute atomic E-state index is 5.50. The fourth-order valence-corrected chi connectivity index (χ4v) is 2.84. The second-order valence-corrected chi connectivity index (χ2v) is 4.75. The van der Waals surface area contributed by atoms with Gasteiger partial charge in [0.25, 0.3) is 0 Å². The molecule has 0 aliphatic carbocycles. The molecule has 2 nitrogen and oxygen atoms in total. The molecule has 85 valence electrons. The van der Waals surface area contributed by atoms with E-state index in [1.54, 1.807) is 0 Å². The molecule has 2 atom stereocenters. The molecule has 16 heavy (non-hydrogen) atoms. The lowest BCUT2D eigenvalue weighted by molar-refractivity contribution is 0.193. The topological polar surface area (TPSA) is 23.3 Å². The zero-order valence-corrected chi connectivity index (χ0v) is 9.56. The van der Waals surface area contributed by atoms with Crippen molar-refractivity contribution < 1.29 is 4.74 Å². The number of nitrogens with zero attached hydrogens (tertiary/aromatic N) is 1. The van der Waals surface area contributed by atoms with Crippen LogP contribution in [0, 0.1) is 0 Å². The van der Waals surface area contributed by atoms with Gasteiger partial charge in [0.2, 0.25) is 0 Å².